The van der Waals surface area contributed by atoms with Gasteiger partial charge < -0.3 is 19.5 Å². The standard InChI is InChI=1S/C25H25NO4/c1-29-21-13-14-22(30-2)24-19(21)15-26(16-20(24)27)25(28)23(17-9-5-3-6-10-17)18-11-7-4-8-12-18/h3-14,20,23,27H,15-16H2,1-2H3/t20-/m1/s1. The highest BCUT2D eigenvalue weighted by molar-refractivity contribution is 5.87. The van der Waals surface area contributed by atoms with Gasteiger partial charge in [0.25, 0.3) is 0 Å². The summed E-state index contributed by atoms with van der Waals surface area (Å²) in [6, 6.07) is 23.1. The number of rotatable bonds is 5. The van der Waals surface area contributed by atoms with Gasteiger partial charge in [0.2, 0.25) is 5.91 Å². The molecule has 154 valence electrons. The first-order valence-electron chi connectivity index (χ1n) is 9.94. The lowest BCUT2D eigenvalue weighted by Gasteiger charge is -2.36. The molecule has 5 heteroatoms. The molecule has 0 aromatic heterocycles. The summed E-state index contributed by atoms with van der Waals surface area (Å²) in [5.74, 6) is 0.742. The molecule has 3 aromatic carbocycles. The van der Waals surface area contributed by atoms with Crippen molar-refractivity contribution in [1.82, 2.24) is 4.90 Å². The van der Waals surface area contributed by atoms with Crippen molar-refractivity contribution in [3.63, 3.8) is 0 Å². The van der Waals surface area contributed by atoms with Crippen LogP contribution in [0.3, 0.4) is 0 Å². The Hall–Kier alpha value is -3.31. The monoisotopic (exact) mass is 403 g/mol. The van der Waals surface area contributed by atoms with E-state index in [1.54, 1.807) is 25.2 Å². The second-order valence-electron chi connectivity index (χ2n) is 7.35. The number of hydrogen-bond donors (Lipinski definition) is 1. The SMILES string of the molecule is COc1ccc(OC)c2c1CN(C(=O)C(c1ccccc1)c1ccccc1)C[C@H]2O. The molecule has 0 saturated carbocycles. The zero-order valence-electron chi connectivity index (χ0n) is 17.1. The summed E-state index contributed by atoms with van der Waals surface area (Å²) in [7, 11) is 3.17. The van der Waals surface area contributed by atoms with E-state index >= 15 is 0 Å². The fourth-order valence-corrected chi connectivity index (χ4v) is 4.20. The summed E-state index contributed by atoms with van der Waals surface area (Å²) < 4.78 is 11.0. The number of aliphatic hydroxyl groups is 1. The molecule has 1 N–H and O–H groups in total. The molecule has 1 atom stereocenters. The Balaban J connectivity index is 1.74. The number of benzene rings is 3. The molecule has 1 amide bonds. The van der Waals surface area contributed by atoms with Crippen molar-refractivity contribution >= 4 is 5.91 Å². The van der Waals surface area contributed by atoms with Crippen LogP contribution in [0.5, 0.6) is 11.5 Å². The molecular weight excluding hydrogens is 378 g/mol. The maximum absolute atomic E-state index is 13.8. The van der Waals surface area contributed by atoms with Crippen molar-refractivity contribution in [2.75, 3.05) is 20.8 Å². The molecule has 3 aromatic rings. The molecule has 5 nitrogen and oxygen atoms in total. The third-order valence-electron chi connectivity index (χ3n) is 5.61. The van der Waals surface area contributed by atoms with Gasteiger partial charge in [0.1, 0.15) is 17.6 Å². The van der Waals surface area contributed by atoms with Gasteiger partial charge in [-0.3, -0.25) is 4.79 Å². The molecule has 0 bridgehead atoms. The lowest BCUT2D eigenvalue weighted by atomic mass is 9.88. The number of methoxy groups -OCH3 is 2. The summed E-state index contributed by atoms with van der Waals surface area (Å²) in [6.07, 6.45) is -0.852. The minimum Gasteiger partial charge on any atom is -0.496 e. The van der Waals surface area contributed by atoms with Gasteiger partial charge in [-0.05, 0) is 23.3 Å². The minimum atomic E-state index is -0.852. The molecule has 1 aliphatic heterocycles. The molecule has 0 aliphatic carbocycles. The van der Waals surface area contributed by atoms with Crippen LogP contribution in [0.25, 0.3) is 0 Å². The van der Waals surface area contributed by atoms with Crippen molar-refractivity contribution in [2.45, 2.75) is 18.6 Å². The van der Waals surface area contributed by atoms with Crippen LogP contribution in [-0.2, 0) is 11.3 Å². The highest BCUT2D eigenvalue weighted by atomic mass is 16.5. The topological polar surface area (TPSA) is 59.0 Å². The number of nitrogens with zero attached hydrogens (tertiary/aromatic N) is 1. The molecule has 30 heavy (non-hydrogen) atoms. The first-order chi connectivity index (χ1) is 14.6. The Morgan fingerprint density at radius 2 is 1.43 bits per heavy atom. The van der Waals surface area contributed by atoms with Gasteiger partial charge in [-0.2, -0.15) is 0 Å². The molecule has 0 radical (unpaired) electrons. The lowest BCUT2D eigenvalue weighted by Crippen LogP contribution is -2.41. The highest BCUT2D eigenvalue weighted by Gasteiger charge is 2.35. The van der Waals surface area contributed by atoms with Crippen LogP contribution >= 0.6 is 0 Å². The number of fused-ring (bicyclic) bond motifs is 1. The van der Waals surface area contributed by atoms with E-state index in [9.17, 15) is 9.90 Å². The lowest BCUT2D eigenvalue weighted by molar-refractivity contribution is -0.134. The minimum absolute atomic E-state index is 0.0537. The number of carbonyl (C=O) groups excluding carboxylic acids is 1. The predicted molar refractivity (Wildman–Crippen MR) is 115 cm³/mol. The maximum atomic E-state index is 13.8. The Bertz CT molecular complexity index is 981. The van der Waals surface area contributed by atoms with Crippen LogP contribution in [0, 0.1) is 0 Å². The Morgan fingerprint density at radius 1 is 0.900 bits per heavy atom. The highest BCUT2D eigenvalue weighted by Crippen LogP contribution is 2.40. The molecule has 0 spiro atoms. The first-order valence-corrected chi connectivity index (χ1v) is 9.94. The van der Waals surface area contributed by atoms with Crippen molar-refractivity contribution in [2.24, 2.45) is 0 Å². The summed E-state index contributed by atoms with van der Waals surface area (Å²) in [5.41, 5.74) is 3.32. The molecule has 0 unspecified atom stereocenters. The number of β-amino-alcohol motifs (C(OH)–C–C–N with tert-alkyl or cyclic N) is 1. The van der Waals surface area contributed by atoms with Crippen LogP contribution in [0.4, 0.5) is 0 Å². The second kappa shape index (κ2) is 8.59. The molecule has 1 aliphatic rings. The quantitative estimate of drug-likeness (QED) is 0.702. The average Bonchev–Trinajstić information content (AvgIpc) is 2.79. The fourth-order valence-electron chi connectivity index (χ4n) is 4.20. The molecule has 1 heterocycles. The van der Waals surface area contributed by atoms with E-state index in [-0.39, 0.29) is 12.5 Å². The van der Waals surface area contributed by atoms with E-state index in [4.69, 9.17) is 9.47 Å². The van der Waals surface area contributed by atoms with Crippen molar-refractivity contribution < 1.29 is 19.4 Å². The predicted octanol–water partition coefficient (Wildman–Crippen LogP) is 3.91. The van der Waals surface area contributed by atoms with Gasteiger partial charge in [0.05, 0.1) is 26.7 Å². The Labute approximate surface area is 176 Å². The third kappa shape index (κ3) is 3.64. The van der Waals surface area contributed by atoms with Crippen LogP contribution in [-0.4, -0.2) is 36.7 Å². The van der Waals surface area contributed by atoms with E-state index in [0.717, 1.165) is 16.7 Å². The number of carbonyl (C=O) groups is 1. The molecule has 0 fully saturated rings. The van der Waals surface area contributed by atoms with Crippen LogP contribution in [0.1, 0.15) is 34.3 Å². The number of hydrogen-bond acceptors (Lipinski definition) is 4. The van der Waals surface area contributed by atoms with Gasteiger partial charge in [0.15, 0.2) is 0 Å². The summed E-state index contributed by atoms with van der Waals surface area (Å²) in [6.45, 7) is 0.549. The smallest absolute Gasteiger partial charge is 0.234 e. The van der Waals surface area contributed by atoms with E-state index < -0.39 is 12.0 Å². The van der Waals surface area contributed by atoms with Crippen molar-refractivity contribution in [3.05, 3.63) is 95.1 Å². The van der Waals surface area contributed by atoms with Crippen molar-refractivity contribution in [3.8, 4) is 11.5 Å². The van der Waals surface area contributed by atoms with Crippen LogP contribution in [0.2, 0.25) is 0 Å². The number of aliphatic hydroxyl groups excluding tert-OH is 1. The van der Waals surface area contributed by atoms with Gasteiger partial charge in [-0.25, -0.2) is 0 Å². The van der Waals surface area contributed by atoms with Gasteiger partial charge in [-0.15, -0.1) is 0 Å². The van der Waals surface area contributed by atoms with Crippen LogP contribution < -0.4 is 9.47 Å². The largest absolute Gasteiger partial charge is 0.496 e. The maximum Gasteiger partial charge on any atom is 0.234 e. The van der Waals surface area contributed by atoms with Gasteiger partial charge in [-0.1, -0.05) is 60.7 Å². The van der Waals surface area contributed by atoms with Gasteiger partial charge >= 0.3 is 0 Å². The number of ether oxygens (including phenoxy) is 2. The fraction of sp³-hybridized carbons (Fsp3) is 0.240. The normalized spacial score (nSPS) is 15.6. The van der Waals surface area contributed by atoms with E-state index in [1.807, 2.05) is 66.7 Å². The zero-order chi connectivity index (χ0) is 21.1. The summed E-state index contributed by atoms with van der Waals surface area (Å²) in [4.78, 5) is 15.5. The number of amides is 1. The van der Waals surface area contributed by atoms with Crippen LogP contribution in [0.15, 0.2) is 72.8 Å². The van der Waals surface area contributed by atoms with Gasteiger partial charge in [0, 0.05) is 17.7 Å². The van der Waals surface area contributed by atoms with E-state index in [0.29, 0.717) is 23.6 Å². The second-order valence-corrected chi connectivity index (χ2v) is 7.35. The first kappa shape index (κ1) is 20.0. The van der Waals surface area contributed by atoms with Crippen molar-refractivity contribution in [1.29, 1.82) is 0 Å². The Kier molecular flexibility index (Phi) is 5.72. The molecular formula is C25H25NO4. The van der Waals surface area contributed by atoms with E-state index in [1.165, 1.54) is 0 Å². The van der Waals surface area contributed by atoms with E-state index in [2.05, 4.69) is 0 Å². The zero-order valence-corrected chi connectivity index (χ0v) is 17.1. The summed E-state index contributed by atoms with van der Waals surface area (Å²) in [5, 5.41) is 10.9. The third-order valence-corrected chi connectivity index (χ3v) is 5.61. The molecule has 4 rings (SSSR count). The molecule has 0 saturated heterocycles. The average molecular weight is 403 g/mol. The summed E-state index contributed by atoms with van der Waals surface area (Å²) >= 11 is 0. The Morgan fingerprint density at radius 3 is 1.97 bits per heavy atom.